The summed E-state index contributed by atoms with van der Waals surface area (Å²) < 4.78 is 25.7. The summed E-state index contributed by atoms with van der Waals surface area (Å²) in [5, 5.41) is 1.000. The van der Waals surface area contributed by atoms with Crippen molar-refractivity contribution in [1.82, 2.24) is 19.7 Å². The summed E-state index contributed by atoms with van der Waals surface area (Å²) in [7, 11) is -3.18. The molecule has 7 nitrogen and oxygen atoms in total. The minimum Gasteiger partial charge on any atom is -0.356 e. The molecular formula is C19H21N5O2S. The van der Waals surface area contributed by atoms with Crippen LogP contribution in [0.4, 0.5) is 5.82 Å². The summed E-state index contributed by atoms with van der Waals surface area (Å²) in [5.41, 5.74) is 1.76. The summed E-state index contributed by atoms with van der Waals surface area (Å²) >= 11 is 0. The van der Waals surface area contributed by atoms with Crippen LogP contribution < -0.4 is 9.62 Å². The van der Waals surface area contributed by atoms with E-state index < -0.39 is 10.0 Å². The zero-order valence-corrected chi connectivity index (χ0v) is 15.9. The molecule has 2 aromatic heterocycles. The number of anilines is 1. The zero-order valence-electron chi connectivity index (χ0n) is 15.0. The first kappa shape index (κ1) is 17.8. The first-order chi connectivity index (χ1) is 13.0. The predicted molar refractivity (Wildman–Crippen MR) is 106 cm³/mol. The number of aromatic nitrogens is 3. The third-order valence-electron chi connectivity index (χ3n) is 4.68. The van der Waals surface area contributed by atoms with E-state index in [1.54, 1.807) is 12.4 Å². The van der Waals surface area contributed by atoms with E-state index in [4.69, 9.17) is 9.97 Å². The lowest BCUT2D eigenvalue weighted by Gasteiger charge is -2.33. The Morgan fingerprint density at radius 3 is 2.56 bits per heavy atom. The van der Waals surface area contributed by atoms with E-state index in [-0.39, 0.29) is 6.04 Å². The summed E-state index contributed by atoms with van der Waals surface area (Å²) in [4.78, 5) is 15.9. The van der Waals surface area contributed by atoms with Crippen LogP contribution in [0.1, 0.15) is 12.8 Å². The number of nitrogens with zero attached hydrogens (tertiary/aromatic N) is 4. The number of hydrogen-bond acceptors (Lipinski definition) is 6. The molecule has 0 spiro atoms. The molecule has 0 radical (unpaired) electrons. The Labute approximate surface area is 158 Å². The summed E-state index contributed by atoms with van der Waals surface area (Å²) in [6.07, 6.45) is 6.18. The van der Waals surface area contributed by atoms with Gasteiger partial charge in [0.15, 0.2) is 5.82 Å². The summed E-state index contributed by atoms with van der Waals surface area (Å²) in [5.74, 6) is 1.53. The molecule has 0 bridgehead atoms. The Kier molecular flexibility index (Phi) is 4.75. The maximum atomic E-state index is 11.5. The predicted octanol–water partition coefficient (Wildman–Crippen LogP) is 2.21. The van der Waals surface area contributed by atoms with Crippen LogP contribution in [0.2, 0.25) is 0 Å². The molecule has 0 atom stereocenters. The third kappa shape index (κ3) is 4.06. The maximum absolute atomic E-state index is 11.5. The third-order valence-corrected chi connectivity index (χ3v) is 5.44. The van der Waals surface area contributed by atoms with E-state index in [1.165, 1.54) is 6.26 Å². The minimum atomic E-state index is -3.18. The first-order valence-electron chi connectivity index (χ1n) is 8.89. The summed E-state index contributed by atoms with van der Waals surface area (Å²) in [6, 6.07) is 11.8. The highest BCUT2D eigenvalue weighted by molar-refractivity contribution is 7.88. The number of rotatable bonds is 4. The van der Waals surface area contributed by atoms with Crippen molar-refractivity contribution < 1.29 is 8.42 Å². The van der Waals surface area contributed by atoms with Gasteiger partial charge in [0.25, 0.3) is 0 Å². The number of fused-ring (bicyclic) bond motifs is 1. The van der Waals surface area contributed by atoms with Crippen LogP contribution in [0.15, 0.2) is 48.8 Å². The maximum Gasteiger partial charge on any atom is 0.208 e. The fourth-order valence-electron chi connectivity index (χ4n) is 3.44. The van der Waals surface area contributed by atoms with Crippen molar-refractivity contribution in [3.05, 3.63) is 48.8 Å². The second kappa shape index (κ2) is 7.21. The zero-order chi connectivity index (χ0) is 18.9. The van der Waals surface area contributed by atoms with Crippen molar-refractivity contribution in [2.24, 2.45) is 0 Å². The molecule has 8 heteroatoms. The van der Waals surface area contributed by atoms with Crippen molar-refractivity contribution >= 4 is 26.7 Å². The molecule has 140 valence electrons. The van der Waals surface area contributed by atoms with Gasteiger partial charge in [-0.2, -0.15) is 0 Å². The number of pyridine rings is 1. The van der Waals surface area contributed by atoms with E-state index in [9.17, 15) is 8.42 Å². The molecule has 4 rings (SSSR count). The van der Waals surface area contributed by atoms with Gasteiger partial charge in [0, 0.05) is 42.5 Å². The molecule has 3 heterocycles. The first-order valence-corrected chi connectivity index (χ1v) is 10.8. The second-order valence-corrected chi connectivity index (χ2v) is 8.56. The molecule has 1 N–H and O–H groups in total. The Morgan fingerprint density at radius 2 is 1.85 bits per heavy atom. The van der Waals surface area contributed by atoms with Crippen LogP contribution >= 0.6 is 0 Å². The Balaban J connectivity index is 1.67. The standard InChI is InChI=1S/C19H21N5O2S/c1-27(25,26)23-15-8-11-24(12-9-15)19-16-6-2-3-7-17(16)21-18(22-19)14-5-4-10-20-13-14/h2-7,10,13,15,23H,8-9,11-12H2,1H3. The molecule has 27 heavy (non-hydrogen) atoms. The highest BCUT2D eigenvalue weighted by Crippen LogP contribution is 2.29. The monoisotopic (exact) mass is 383 g/mol. The quantitative estimate of drug-likeness (QED) is 0.743. The van der Waals surface area contributed by atoms with Crippen LogP contribution in [-0.4, -0.2) is 48.8 Å². The normalized spacial score (nSPS) is 16.0. The summed E-state index contributed by atoms with van der Waals surface area (Å²) in [6.45, 7) is 1.47. The van der Waals surface area contributed by atoms with Crippen molar-refractivity contribution in [3.63, 3.8) is 0 Å². The molecule has 0 aliphatic carbocycles. The molecule has 1 aromatic carbocycles. The van der Waals surface area contributed by atoms with Crippen LogP contribution in [0.5, 0.6) is 0 Å². The minimum absolute atomic E-state index is 0.0258. The van der Waals surface area contributed by atoms with Gasteiger partial charge < -0.3 is 4.90 Å². The Morgan fingerprint density at radius 1 is 1.07 bits per heavy atom. The molecule has 0 saturated carbocycles. The highest BCUT2D eigenvalue weighted by atomic mass is 32.2. The van der Waals surface area contributed by atoms with Crippen LogP contribution in [0.3, 0.4) is 0 Å². The van der Waals surface area contributed by atoms with Crippen LogP contribution in [0, 0.1) is 0 Å². The molecule has 0 unspecified atom stereocenters. The van der Waals surface area contributed by atoms with Gasteiger partial charge in [0.05, 0.1) is 11.8 Å². The van der Waals surface area contributed by atoms with Gasteiger partial charge in [-0.05, 0) is 37.1 Å². The number of piperidine rings is 1. The van der Waals surface area contributed by atoms with E-state index in [0.29, 0.717) is 5.82 Å². The number of benzene rings is 1. The number of para-hydroxylation sites is 1. The van der Waals surface area contributed by atoms with E-state index >= 15 is 0 Å². The van der Waals surface area contributed by atoms with Crippen molar-refractivity contribution in [2.45, 2.75) is 18.9 Å². The van der Waals surface area contributed by atoms with Crippen LogP contribution in [-0.2, 0) is 10.0 Å². The molecule has 1 saturated heterocycles. The van der Waals surface area contributed by atoms with Gasteiger partial charge in [-0.15, -0.1) is 0 Å². The van der Waals surface area contributed by atoms with Crippen LogP contribution in [0.25, 0.3) is 22.3 Å². The van der Waals surface area contributed by atoms with E-state index in [2.05, 4.69) is 14.6 Å². The molecule has 3 aromatic rings. The lowest BCUT2D eigenvalue weighted by molar-refractivity contribution is 0.460. The largest absolute Gasteiger partial charge is 0.356 e. The molecule has 0 amide bonds. The highest BCUT2D eigenvalue weighted by Gasteiger charge is 2.24. The number of sulfonamides is 1. The molecule has 1 aliphatic heterocycles. The smallest absolute Gasteiger partial charge is 0.208 e. The lowest BCUT2D eigenvalue weighted by atomic mass is 10.1. The molecular weight excluding hydrogens is 362 g/mol. The number of nitrogens with one attached hydrogen (secondary N) is 1. The number of hydrogen-bond donors (Lipinski definition) is 1. The molecule has 1 fully saturated rings. The fourth-order valence-corrected chi connectivity index (χ4v) is 4.28. The Bertz CT molecular complexity index is 1050. The lowest BCUT2D eigenvalue weighted by Crippen LogP contribution is -2.44. The van der Waals surface area contributed by atoms with E-state index in [1.807, 2.05) is 36.4 Å². The Hall–Kier alpha value is -2.58. The van der Waals surface area contributed by atoms with Gasteiger partial charge in [0.1, 0.15) is 5.82 Å². The van der Waals surface area contributed by atoms with Gasteiger partial charge >= 0.3 is 0 Å². The van der Waals surface area contributed by atoms with Crippen molar-refractivity contribution in [2.75, 3.05) is 24.2 Å². The SMILES string of the molecule is CS(=O)(=O)NC1CCN(c2nc(-c3cccnc3)nc3ccccc23)CC1. The average molecular weight is 383 g/mol. The van der Waals surface area contributed by atoms with Gasteiger partial charge in [0.2, 0.25) is 10.0 Å². The van der Waals surface area contributed by atoms with Gasteiger partial charge in [-0.3, -0.25) is 4.98 Å². The second-order valence-electron chi connectivity index (χ2n) is 6.78. The van der Waals surface area contributed by atoms with Gasteiger partial charge in [-0.25, -0.2) is 23.1 Å². The fraction of sp³-hybridized carbons (Fsp3) is 0.316. The molecule has 1 aliphatic rings. The van der Waals surface area contributed by atoms with Crippen molar-refractivity contribution in [3.8, 4) is 11.4 Å². The average Bonchev–Trinajstić information content (AvgIpc) is 2.67. The van der Waals surface area contributed by atoms with E-state index in [0.717, 1.165) is 48.2 Å². The van der Waals surface area contributed by atoms with Crippen molar-refractivity contribution in [1.29, 1.82) is 0 Å². The van der Waals surface area contributed by atoms with Gasteiger partial charge in [-0.1, -0.05) is 12.1 Å². The topological polar surface area (TPSA) is 88.1 Å².